The maximum Gasteiger partial charge on any atom is 0.118 e. The molecule has 0 spiro atoms. The standard InChI is InChI=1S/C11H12N2O/c1-2-9-8-10(4-5-11(9)14)13-7-3-6-12-13/h3-8,14H,2H2,1H3. The molecule has 2 aromatic rings. The molecule has 14 heavy (non-hydrogen) atoms. The van der Waals surface area contributed by atoms with Crippen LogP contribution in [0.4, 0.5) is 0 Å². The fourth-order valence-electron chi connectivity index (χ4n) is 1.42. The first kappa shape index (κ1) is 8.81. The minimum Gasteiger partial charge on any atom is -0.508 e. The number of rotatable bonds is 2. The molecule has 3 heteroatoms. The zero-order valence-corrected chi connectivity index (χ0v) is 8.01. The van der Waals surface area contributed by atoms with E-state index in [9.17, 15) is 5.11 Å². The summed E-state index contributed by atoms with van der Waals surface area (Å²) in [5.41, 5.74) is 1.92. The third kappa shape index (κ3) is 1.48. The molecule has 1 N–H and O–H groups in total. The lowest BCUT2D eigenvalue weighted by Crippen LogP contribution is -1.95. The quantitative estimate of drug-likeness (QED) is 0.784. The van der Waals surface area contributed by atoms with Crippen molar-refractivity contribution >= 4 is 0 Å². The van der Waals surface area contributed by atoms with Crippen LogP contribution >= 0.6 is 0 Å². The monoisotopic (exact) mass is 188 g/mol. The molecule has 0 saturated heterocycles. The summed E-state index contributed by atoms with van der Waals surface area (Å²) in [6.45, 7) is 2.02. The first-order chi connectivity index (χ1) is 6.81. The molecule has 0 radical (unpaired) electrons. The predicted molar refractivity (Wildman–Crippen MR) is 54.6 cm³/mol. The highest BCUT2D eigenvalue weighted by atomic mass is 16.3. The maximum absolute atomic E-state index is 9.50. The summed E-state index contributed by atoms with van der Waals surface area (Å²) < 4.78 is 1.78. The Labute approximate surface area is 82.6 Å². The van der Waals surface area contributed by atoms with Crippen molar-refractivity contribution in [1.29, 1.82) is 0 Å². The van der Waals surface area contributed by atoms with Crippen LogP contribution in [-0.4, -0.2) is 14.9 Å². The van der Waals surface area contributed by atoms with Gasteiger partial charge in [-0.15, -0.1) is 0 Å². The lowest BCUT2D eigenvalue weighted by molar-refractivity contribution is 0.468. The molecule has 72 valence electrons. The Morgan fingerprint density at radius 1 is 1.43 bits per heavy atom. The average molecular weight is 188 g/mol. The molecule has 0 bridgehead atoms. The van der Waals surface area contributed by atoms with Gasteiger partial charge in [0.1, 0.15) is 5.75 Å². The van der Waals surface area contributed by atoms with Gasteiger partial charge in [0.2, 0.25) is 0 Å². The fraction of sp³-hybridized carbons (Fsp3) is 0.182. The number of phenolic OH excluding ortho intramolecular Hbond substituents is 1. The van der Waals surface area contributed by atoms with E-state index in [2.05, 4.69) is 5.10 Å². The molecule has 0 aliphatic rings. The van der Waals surface area contributed by atoms with Crippen LogP contribution in [0.15, 0.2) is 36.7 Å². The third-order valence-corrected chi connectivity index (χ3v) is 2.21. The molecule has 0 atom stereocenters. The zero-order valence-electron chi connectivity index (χ0n) is 8.01. The highest BCUT2D eigenvalue weighted by molar-refractivity contribution is 5.43. The van der Waals surface area contributed by atoms with Gasteiger partial charge in [0.05, 0.1) is 5.69 Å². The van der Waals surface area contributed by atoms with Crippen molar-refractivity contribution in [3.05, 3.63) is 42.2 Å². The lowest BCUT2D eigenvalue weighted by Gasteiger charge is -2.05. The summed E-state index contributed by atoms with van der Waals surface area (Å²) in [5, 5.41) is 13.6. The van der Waals surface area contributed by atoms with Crippen molar-refractivity contribution in [3.63, 3.8) is 0 Å². The smallest absolute Gasteiger partial charge is 0.118 e. The Bertz CT molecular complexity index is 421. The van der Waals surface area contributed by atoms with E-state index in [0.717, 1.165) is 17.7 Å². The van der Waals surface area contributed by atoms with Gasteiger partial charge in [0, 0.05) is 12.4 Å². The van der Waals surface area contributed by atoms with E-state index >= 15 is 0 Å². The molecule has 3 nitrogen and oxygen atoms in total. The normalized spacial score (nSPS) is 10.4. The second-order valence-electron chi connectivity index (χ2n) is 3.12. The molecule has 0 saturated carbocycles. The van der Waals surface area contributed by atoms with Crippen molar-refractivity contribution in [2.45, 2.75) is 13.3 Å². The Hall–Kier alpha value is -1.77. The number of aromatic hydroxyl groups is 1. The summed E-state index contributed by atoms with van der Waals surface area (Å²) in [7, 11) is 0. The molecule has 0 fully saturated rings. The van der Waals surface area contributed by atoms with Gasteiger partial charge in [-0.3, -0.25) is 0 Å². The van der Waals surface area contributed by atoms with Crippen molar-refractivity contribution in [2.24, 2.45) is 0 Å². The van der Waals surface area contributed by atoms with Crippen molar-refractivity contribution in [3.8, 4) is 11.4 Å². The number of aromatic nitrogens is 2. The van der Waals surface area contributed by atoms with E-state index in [1.165, 1.54) is 0 Å². The number of hydrogen-bond acceptors (Lipinski definition) is 2. The van der Waals surface area contributed by atoms with E-state index in [4.69, 9.17) is 0 Å². The number of benzene rings is 1. The lowest BCUT2D eigenvalue weighted by atomic mass is 10.1. The Morgan fingerprint density at radius 2 is 2.29 bits per heavy atom. The van der Waals surface area contributed by atoms with Crippen molar-refractivity contribution in [2.75, 3.05) is 0 Å². The second kappa shape index (κ2) is 3.54. The van der Waals surface area contributed by atoms with Crippen LogP contribution in [-0.2, 0) is 6.42 Å². The number of phenols is 1. The molecule has 2 rings (SSSR count). The SMILES string of the molecule is CCc1cc(-n2cccn2)ccc1O. The topological polar surface area (TPSA) is 38.0 Å². The summed E-state index contributed by atoms with van der Waals surface area (Å²) in [6, 6.07) is 7.37. The van der Waals surface area contributed by atoms with Crippen LogP contribution in [0.2, 0.25) is 0 Å². The van der Waals surface area contributed by atoms with E-state index < -0.39 is 0 Å². The first-order valence-electron chi connectivity index (χ1n) is 4.63. The van der Waals surface area contributed by atoms with Crippen LogP contribution in [0.5, 0.6) is 5.75 Å². The highest BCUT2D eigenvalue weighted by Crippen LogP contribution is 2.20. The number of hydrogen-bond donors (Lipinski definition) is 1. The summed E-state index contributed by atoms with van der Waals surface area (Å²) in [6.07, 6.45) is 4.44. The molecule has 1 aromatic heterocycles. The van der Waals surface area contributed by atoms with Crippen LogP contribution in [0.3, 0.4) is 0 Å². The summed E-state index contributed by atoms with van der Waals surface area (Å²) in [5.74, 6) is 0.350. The van der Waals surface area contributed by atoms with Crippen LogP contribution in [0.25, 0.3) is 5.69 Å². The van der Waals surface area contributed by atoms with Gasteiger partial charge in [-0.1, -0.05) is 6.92 Å². The van der Waals surface area contributed by atoms with Gasteiger partial charge >= 0.3 is 0 Å². The van der Waals surface area contributed by atoms with Crippen molar-refractivity contribution < 1.29 is 5.11 Å². The van der Waals surface area contributed by atoms with Gasteiger partial charge in [-0.2, -0.15) is 5.10 Å². The molecule has 1 heterocycles. The largest absolute Gasteiger partial charge is 0.508 e. The first-order valence-corrected chi connectivity index (χ1v) is 4.63. The molecule has 0 aliphatic carbocycles. The maximum atomic E-state index is 9.50. The Kier molecular flexibility index (Phi) is 2.23. The van der Waals surface area contributed by atoms with Gasteiger partial charge in [-0.25, -0.2) is 4.68 Å². The molecule has 0 unspecified atom stereocenters. The molecule has 0 amide bonds. The highest BCUT2D eigenvalue weighted by Gasteiger charge is 2.01. The van der Waals surface area contributed by atoms with Gasteiger partial charge in [0.25, 0.3) is 0 Å². The van der Waals surface area contributed by atoms with E-state index in [0.29, 0.717) is 5.75 Å². The van der Waals surface area contributed by atoms with Gasteiger partial charge < -0.3 is 5.11 Å². The number of nitrogens with zero attached hydrogens (tertiary/aromatic N) is 2. The van der Waals surface area contributed by atoms with E-state index in [1.54, 1.807) is 16.9 Å². The fourth-order valence-corrected chi connectivity index (χ4v) is 1.42. The number of aryl methyl sites for hydroxylation is 1. The summed E-state index contributed by atoms with van der Waals surface area (Å²) >= 11 is 0. The molecular formula is C11H12N2O. The molecular weight excluding hydrogens is 176 g/mol. The van der Waals surface area contributed by atoms with Crippen LogP contribution < -0.4 is 0 Å². The molecule has 0 aliphatic heterocycles. The van der Waals surface area contributed by atoms with Crippen molar-refractivity contribution in [1.82, 2.24) is 9.78 Å². The van der Waals surface area contributed by atoms with Crippen LogP contribution in [0, 0.1) is 0 Å². The average Bonchev–Trinajstić information content (AvgIpc) is 2.71. The predicted octanol–water partition coefficient (Wildman–Crippen LogP) is 2.14. The Morgan fingerprint density at radius 3 is 2.93 bits per heavy atom. The van der Waals surface area contributed by atoms with Gasteiger partial charge in [-0.05, 0) is 36.2 Å². The second-order valence-corrected chi connectivity index (χ2v) is 3.12. The van der Waals surface area contributed by atoms with Crippen LogP contribution in [0.1, 0.15) is 12.5 Å². The summed E-state index contributed by atoms with van der Waals surface area (Å²) in [4.78, 5) is 0. The zero-order chi connectivity index (χ0) is 9.97. The minimum atomic E-state index is 0.350. The van der Waals surface area contributed by atoms with E-state index in [-0.39, 0.29) is 0 Å². The Balaban J connectivity index is 2.46. The minimum absolute atomic E-state index is 0.350. The van der Waals surface area contributed by atoms with Gasteiger partial charge in [0.15, 0.2) is 0 Å². The van der Waals surface area contributed by atoms with E-state index in [1.807, 2.05) is 31.3 Å². The molecule has 1 aromatic carbocycles. The third-order valence-electron chi connectivity index (χ3n) is 2.21.